The lowest BCUT2D eigenvalue weighted by Gasteiger charge is -2.19. The molecule has 6 aromatic carbocycles. The molecule has 72 heavy (non-hydrogen) atoms. The molecule has 2 aliphatic carbocycles. The maximum absolute atomic E-state index is 12.8. The molecule has 0 atom stereocenters. The second kappa shape index (κ2) is 21.3. The van der Waals surface area contributed by atoms with E-state index in [0.717, 1.165) is 83.1 Å². The Labute approximate surface area is 460 Å². The van der Waals surface area contributed by atoms with Gasteiger partial charge >= 0.3 is 11.9 Å². The van der Waals surface area contributed by atoms with Gasteiger partial charge in [-0.2, -0.15) is 0 Å². The van der Waals surface area contributed by atoms with Crippen molar-refractivity contribution in [2.75, 3.05) is 21.3 Å². The Morgan fingerprint density at radius 1 is 0.444 bits per heavy atom. The molecule has 0 spiro atoms. The number of benzene rings is 8. The zero-order chi connectivity index (χ0) is 50.2. The van der Waals surface area contributed by atoms with Crippen LogP contribution in [0.15, 0.2) is 177 Å². The predicted molar refractivity (Wildman–Crippen MR) is 322 cm³/mol. The molecule has 354 valence electrons. The number of rotatable bonds is 11. The van der Waals surface area contributed by atoms with E-state index in [9.17, 15) is 19.8 Å². The standard InChI is InChI=1S/C54H34N4O4S10/c59-51(60)38-16-6-29(21-43(38)50-41-19-9-33(65)25-47(41)70-48-26-34(66)10-20-42(48)50)57-53(67)55-27-1-11-35(12-2-27)71-72-36-13-3-28(4-14-36)56-54(68)58-30-5-15-37(44(22-30)52(61)62)49-39-17-7-31(63)23-45(39)69-46-24-32(64)8-18-40(46)49/h1-26,63,65H,(H,59,60)(H,61,62)(H2,55,57,67)(H2,56,58,68). The Morgan fingerprint density at radius 3 is 1.35 bits per heavy atom. The van der Waals surface area contributed by atoms with Crippen LogP contribution in [0.4, 0.5) is 22.7 Å². The van der Waals surface area contributed by atoms with Crippen molar-refractivity contribution in [1.29, 1.82) is 0 Å². The normalized spacial score (nSPS) is 11.2. The van der Waals surface area contributed by atoms with E-state index < -0.39 is 11.9 Å². The molecule has 8 nitrogen and oxygen atoms in total. The number of carbonyl (C=O) groups is 2. The summed E-state index contributed by atoms with van der Waals surface area (Å²) in [6.45, 7) is 0. The number of thiol groups is 2. The van der Waals surface area contributed by atoms with Crippen LogP contribution in [0.25, 0.3) is 63.3 Å². The molecule has 6 aromatic rings. The zero-order valence-corrected chi connectivity index (χ0v) is 45.2. The van der Waals surface area contributed by atoms with Crippen LogP contribution in [0, 0.1) is 9.02 Å². The largest absolute Gasteiger partial charge is 0.478 e. The van der Waals surface area contributed by atoms with Crippen LogP contribution in [-0.4, -0.2) is 32.4 Å². The summed E-state index contributed by atoms with van der Waals surface area (Å²) in [6, 6.07) is 49.4. The Hall–Kier alpha value is -5.90. The summed E-state index contributed by atoms with van der Waals surface area (Å²) in [5.74, 6) is -2.10. The molecule has 18 heteroatoms. The highest BCUT2D eigenvalue weighted by Gasteiger charge is 2.23. The van der Waals surface area contributed by atoms with Gasteiger partial charge in [0.05, 0.1) is 11.1 Å². The van der Waals surface area contributed by atoms with Crippen molar-refractivity contribution in [3.8, 4) is 43.1 Å². The summed E-state index contributed by atoms with van der Waals surface area (Å²) in [7, 11) is 3.21. The predicted octanol–water partition coefficient (Wildman–Crippen LogP) is 17.5. The average molecular weight is 1120 g/mol. The third-order valence-electron chi connectivity index (χ3n) is 11.4. The second-order valence-corrected chi connectivity index (χ2v) is 23.4. The topological polar surface area (TPSA) is 123 Å². The van der Waals surface area contributed by atoms with E-state index in [1.54, 1.807) is 62.5 Å². The van der Waals surface area contributed by atoms with Crippen molar-refractivity contribution in [2.24, 2.45) is 0 Å². The summed E-state index contributed by atoms with van der Waals surface area (Å²) < 4.78 is 3.35. The van der Waals surface area contributed by atoms with Gasteiger partial charge in [0.1, 0.15) is 0 Å². The number of thiocarbonyl (C=S) groups is 2. The van der Waals surface area contributed by atoms with Gasteiger partial charge in [-0.25, -0.2) is 9.59 Å². The average Bonchev–Trinajstić information content (AvgIpc) is 3.34. The third kappa shape index (κ3) is 10.9. The SMILES string of the molecule is O=C(O)c1cc(NC(=S)Nc2ccc(SSc3ccc(NC(=S)Nc4ccc(C(=O)O)c(-c5c6ccc(=S)cc-6sc6cc(S)ccc56)c4)cc3)cc2)ccc1-c1c2ccc(=S)cc-2sc2cc(S)ccc12. The third-order valence-corrected chi connectivity index (χ3v) is 17.5. The molecule has 4 aliphatic rings. The van der Waals surface area contributed by atoms with E-state index in [1.807, 2.05) is 140 Å². The van der Waals surface area contributed by atoms with Gasteiger partial charge in [0.15, 0.2) is 10.2 Å². The first-order valence-corrected chi connectivity index (χ1v) is 27.9. The van der Waals surface area contributed by atoms with Crippen molar-refractivity contribution < 1.29 is 19.8 Å². The highest BCUT2D eigenvalue weighted by atomic mass is 33.1. The first-order chi connectivity index (χ1) is 34.7. The molecule has 2 aliphatic heterocycles. The lowest BCUT2D eigenvalue weighted by molar-refractivity contribution is 0.0687. The molecule has 0 fully saturated rings. The van der Waals surface area contributed by atoms with E-state index in [2.05, 4.69) is 46.5 Å². The molecule has 0 bridgehead atoms. The van der Waals surface area contributed by atoms with E-state index in [4.69, 9.17) is 48.9 Å². The van der Waals surface area contributed by atoms with Crippen LogP contribution in [0.3, 0.4) is 0 Å². The van der Waals surface area contributed by atoms with Crippen LogP contribution in [0.2, 0.25) is 0 Å². The second-order valence-electron chi connectivity index (χ2n) is 16.1. The van der Waals surface area contributed by atoms with Crippen molar-refractivity contribution >= 4 is 183 Å². The van der Waals surface area contributed by atoms with Crippen LogP contribution < -0.4 is 21.3 Å². The number of anilines is 4. The number of carboxylic acid groups (broad SMARTS) is 2. The zero-order valence-electron chi connectivity index (χ0n) is 36.9. The lowest BCUT2D eigenvalue weighted by Crippen LogP contribution is -2.19. The molecule has 0 unspecified atom stereocenters. The van der Waals surface area contributed by atoms with Gasteiger partial charge < -0.3 is 31.5 Å². The molecule has 0 saturated heterocycles. The number of aromatic carboxylic acids is 2. The summed E-state index contributed by atoms with van der Waals surface area (Å²) in [4.78, 5) is 31.0. The fraction of sp³-hybridized carbons (Fsp3) is 0. The molecule has 2 heterocycles. The van der Waals surface area contributed by atoms with E-state index in [-0.39, 0.29) is 11.1 Å². The van der Waals surface area contributed by atoms with Crippen molar-refractivity contribution in [1.82, 2.24) is 0 Å². The maximum Gasteiger partial charge on any atom is 0.336 e. The first-order valence-electron chi connectivity index (χ1n) is 21.6. The van der Waals surface area contributed by atoms with Crippen LogP contribution in [-0.2, 0) is 0 Å². The molecule has 6 N–H and O–H groups in total. The van der Waals surface area contributed by atoms with Gasteiger partial charge in [-0.3, -0.25) is 0 Å². The maximum atomic E-state index is 12.8. The van der Waals surface area contributed by atoms with Crippen LogP contribution >= 0.6 is 118 Å². The van der Waals surface area contributed by atoms with E-state index in [0.29, 0.717) is 41.7 Å². The van der Waals surface area contributed by atoms with Crippen molar-refractivity contribution in [3.05, 3.63) is 178 Å². The Balaban J connectivity index is 0.765. The van der Waals surface area contributed by atoms with Crippen molar-refractivity contribution in [2.45, 2.75) is 19.6 Å². The van der Waals surface area contributed by atoms with Crippen molar-refractivity contribution in [3.63, 3.8) is 0 Å². The minimum absolute atomic E-state index is 0.133. The number of fused-ring (bicyclic) bond motifs is 4. The van der Waals surface area contributed by atoms with Crippen LogP contribution in [0.5, 0.6) is 0 Å². The van der Waals surface area contributed by atoms with Gasteiger partial charge in [0.2, 0.25) is 0 Å². The van der Waals surface area contributed by atoms with Gasteiger partial charge in [-0.1, -0.05) is 76.4 Å². The summed E-state index contributed by atoms with van der Waals surface area (Å²) in [6.07, 6.45) is 0. The number of nitrogens with one attached hydrogen (secondary N) is 4. The molecule has 0 amide bonds. The molecular weight excluding hydrogens is 1090 g/mol. The first kappa shape index (κ1) is 49.7. The smallest absolute Gasteiger partial charge is 0.336 e. The minimum Gasteiger partial charge on any atom is -0.478 e. The highest BCUT2D eigenvalue weighted by Crippen LogP contribution is 2.47. The highest BCUT2D eigenvalue weighted by molar-refractivity contribution is 8.76. The summed E-state index contributed by atoms with van der Waals surface area (Å²) in [5, 5.41) is 36.1. The van der Waals surface area contributed by atoms with E-state index in [1.165, 1.54) is 0 Å². The molecule has 0 saturated carbocycles. The monoisotopic (exact) mass is 1120 g/mol. The number of hydrogen-bond donors (Lipinski definition) is 8. The summed E-state index contributed by atoms with van der Waals surface area (Å²) >= 11 is 34.6. The fourth-order valence-electron chi connectivity index (χ4n) is 8.20. The molecule has 10 rings (SSSR count). The number of carboxylic acids is 2. The Morgan fingerprint density at radius 2 is 0.861 bits per heavy atom. The van der Waals surface area contributed by atoms with E-state index >= 15 is 0 Å². The Kier molecular flexibility index (Phi) is 14.7. The minimum atomic E-state index is -1.06. The molecule has 0 aromatic heterocycles. The quantitative estimate of drug-likeness (QED) is 0.0271. The fourth-order valence-corrected chi connectivity index (χ4v) is 14.0. The molecule has 0 radical (unpaired) electrons. The van der Waals surface area contributed by atoms with Gasteiger partial charge in [0.25, 0.3) is 0 Å². The van der Waals surface area contributed by atoms with Crippen LogP contribution in [0.1, 0.15) is 20.7 Å². The number of hydrogen-bond acceptors (Lipinski definition) is 12. The van der Waals surface area contributed by atoms with Gasteiger partial charge in [-0.05, 0) is 174 Å². The Bertz CT molecular complexity index is 3900. The van der Waals surface area contributed by atoms with Gasteiger partial charge in [0, 0.05) is 92.4 Å². The molecular formula is C54H34N4O4S10. The summed E-state index contributed by atoms with van der Waals surface area (Å²) in [5.41, 5.74) is 7.57. The van der Waals surface area contributed by atoms with Gasteiger partial charge in [-0.15, -0.1) is 47.9 Å². The lowest BCUT2D eigenvalue weighted by atomic mass is 9.91.